The van der Waals surface area contributed by atoms with E-state index < -0.39 is 22.2 Å². The molecule has 0 radical (unpaired) electrons. The average molecular weight is 1210 g/mol. The molecule has 0 saturated heterocycles. The summed E-state index contributed by atoms with van der Waals surface area (Å²) in [7, 11) is 0. The van der Waals surface area contributed by atoms with Crippen LogP contribution < -0.4 is 22.2 Å². The monoisotopic (exact) mass is 1210 g/mol. The topological polar surface area (TPSA) is 153 Å². The van der Waals surface area contributed by atoms with Crippen molar-refractivity contribution < 1.29 is 19.2 Å². The van der Waals surface area contributed by atoms with Crippen LogP contribution in [-0.4, -0.2) is 55.7 Å². The van der Waals surface area contributed by atoms with Crippen molar-refractivity contribution in [2.24, 2.45) is 23.7 Å². The van der Waals surface area contributed by atoms with Gasteiger partial charge in [-0.15, -0.1) is 0 Å². The second-order valence-electron chi connectivity index (χ2n) is 22.9. The van der Waals surface area contributed by atoms with Gasteiger partial charge in [0, 0.05) is 50.5 Å². The minimum atomic E-state index is -0.526. The maximum absolute atomic E-state index is 13.6. The van der Waals surface area contributed by atoms with E-state index >= 15 is 0 Å². The Morgan fingerprint density at radius 1 is 0.279 bits per heavy atom. The second kappa shape index (κ2) is 53.3. The number of hydrogen-bond acceptors (Lipinski definition) is 8. The van der Waals surface area contributed by atoms with Crippen molar-refractivity contribution in [1.29, 1.82) is 0 Å². The van der Waals surface area contributed by atoms with E-state index in [1.165, 1.54) is 209 Å². The van der Waals surface area contributed by atoms with Crippen molar-refractivity contribution in [2.75, 3.05) is 13.1 Å². The molecule has 2 aliphatic carbocycles. The molecule has 4 heterocycles. The highest BCUT2D eigenvalue weighted by Gasteiger charge is 2.35. The fourth-order valence-corrected chi connectivity index (χ4v) is 11.5. The molecule has 0 bridgehead atoms. The summed E-state index contributed by atoms with van der Waals surface area (Å²) in [6, 6.07) is 2.73. The first-order chi connectivity index (χ1) is 37.8. The maximum atomic E-state index is 13.6. The molecule has 3 aromatic rings. The lowest BCUT2D eigenvalue weighted by Crippen LogP contribution is -2.41. The molecule has 12 heteroatoms. The number of fused-ring (bicyclic) bond motifs is 2. The normalized spacial score (nSPS) is 17.2. The standard InChI is InChI=1S/C34H34N4O8.2C9H20.2C7H16.8CH4/c39-27-9-10-28(40)35(27)15-19-5-1-3-7-21(19)17-37-31(43)23-13-25-26(14-24(23)32(37)44)34(46)38(33(25)45)18-22-8-4-2-6-20(22)16-36-29(41)11-12-30(36)42;2*1-3-5-7-9-8-6-4-2;2*1-3-5-7-6-4-2;;;;;;;;/h9-14,19-22H,1-8,15-18H2;2*3-9H2,1-2H3;2*3-7H2,1-2H3;8*1H4. The maximum Gasteiger partial charge on any atom is 0.261 e. The van der Waals surface area contributed by atoms with Crippen LogP contribution in [0, 0.1) is 23.7 Å². The molecule has 0 N–H and O–H groups in total. The molecule has 502 valence electrons. The zero-order valence-electron chi connectivity index (χ0n) is 50.3. The number of aromatic nitrogens is 2. The highest BCUT2D eigenvalue weighted by atomic mass is 16.2. The Bertz CT molecular complexity index is 2210. The number of amides is 4. The summed E-state index contributed by atoms with van der Waals surface area (Å²) in [5.41, 5.74) is -2.10. The van der Waals surface area contributed by atoms with Crippen LogP contribution in [0.25, 0.3) is 21.5 Å². The van der Waals surface area contributed by atoms with Crippen molar-refractivity contribution in [2.45, 2.75) is 333 Å². The number of nitrogens with zero attached hydrogens (tertiary/aromatic N) is 4. The molecule has 4 atom stereocenters. The van der Waals surface area contributed by atoms with Gasteiger partial charge in [-0.2, -0.15) is 0 Å². The minimum Gasteiger partial charge on any atom is -0.275 e. The molecule has 2 aromatic heterocycles. The third-order valence-electron chi connectivity index (χ3n) is 16.5. The third kappa shape index (κ3) is 30.0. The van der Waals surface area contributed by atoms with Crippen molar-refractivity contribution in [3.63, 3.8) is 0 Å². The van der Waals surface area contributed by atoms with E-state index in [-0.39, 0.29) is 154 Å². The van der Waals surface area contributed by atoms with E-state index in [2.05, 4.69) is 55.4 Å². The van der Waals surface area contributed by atoms with Gasteiger partial charge in [0.25, 0.3) is 45.9 Å². The van der Waals surface area contributed by atoms with Gasteiger partial charge in [-0.1, -0.05) is 295 Å². The van der Waals surface area contributed by atoms with E-state index in [0.717, 1.165) is 51.4 Å². The molecule has 2 saturated carbocycles. The molecule has 4 aliphatic rings. The van der Waals surface area contributed by atoms with Crippen LogP contribution >= 0.6 is 0 Å². The number of carbonyl (C=O) groups excluding carboxylic acids is 4. The summed E-state index contributed by atoms with van der Waals surface area (Å²) in [4.78, 5) is 105. The smallest absolute Gasteiger partial charge is 0.261 e. The Kier molecular flexibility index (Phi) is 57.3. The van der Waals surface area contributed by atoms with Crippen LogP contribution in [0.3, 0.4) is 0 Å². The SMILES string of the molecule is C.C.C.C.C.C.C.C.CCCCCCC.CCCCCCC.CCCCCCCCC.CCCCCCCCC.O=C1C=CC(=O)N1CC1CCCCC1Cn1c(=O)c2cc3c(=O)n(CC4CCCCC4CN4C(=O)C=CC4=O)c(=O)c3cc2c1=O. The molecule has 2 fully saturated rings. The van der Waals surface area contributed by atoms with Gasteiger partial charge >= 0.3 is 0 Å². The Balaban J connectivity index is -0.000000332. The van der Waals surface area contributed by atoms with Gasteiger partial charge in [0.1, 0.15) is 0 Å². The van der Waals surface area contributed by atoms with Crippen molar-refractivity contribution in [3.8, 4) is 0 Å². The predicted molar refractivity (Wildman–Crippen MR) is 378 cm³/mol. The van der Waals surface area contributed by atoms with E-state index in [0.29, 0.717) is 0 Å². The van der Waals surface area contributed by atoms with Crippen LogP contribution in [0.1, 0.15) is 320 Å². The van der Waals surface area contributed by atoms with Gasteiger partial charge in [0.05, 0.1) is 21.5 Å². The number of benzene rings is 1. The Morgan fingerprint density at radius 2 is 0.453 bits per heavy atom. The van der Waals surface area contributed by atoms with Crippen molar-refractivity contribution in [1.82, 2.24) is 18.9 Å². The van der Waals surface area contributed by atoms with Gasteiger partial charge in [-0.05, 0) is 61.5 Å². The van der Waals surface area contributed by atoms with Crippen LogP contribution in [0.15, 0.2) is 55.6 Å². The van der Waals surface area contributed by atoms with Gasteiger partial charge in [0.15, 0.2) is 0 Å². The molecule has 86 heavy (non-hydrogen) atoms. The lowest BCUT2D eigenvalue weighted by molar-refractivity contribution is -0.139. The molecule has 0 spiro atoms. The first kappa shape index (κ1) is 92.4. The number of rotatable bonds is 28. The molecular formula is C74H138N4O8. The highest BCUT2D eigenvalue weighted by molar-refractivity contribution is 6.13. The predicted octanol–water partition coefficient (Wildman–Crippen LogP) is 19.9. The first-order valence-corrected chi connectivity index (χ1v) is 31.8. The quantitative estimate of drug-likeness (QED) is 0.0514. The van der Waals surface area contributed by atoms with Crippen molar-refractivity contribution >= 4 is 45.2 Å². The van der Waals surface area contributed by atoms with Gasteiger partial charge in [-0.25, -0.2) is 0 Å². The van der Waals surface area contributed by atoms with E-state index in [1.807, 2.05) is 0 Å². The molecule has 2 aliphatic heterocycles. The molecular weight excluding hydrogens is 1070 g/mol. The average Bonchev–Trinajstić information content (AvgIpc) is 2.22. The molecule has 1 aromatic carbocycles. The lowest BCUT2D eigenvalue weighted by atomic mass is 9.78. The number of unbranched alkanes of at least 4 members (excludes halogenated alkanes) is 20. The zero-order chi connectivity index (χ0) is 57.2. The number of carbonyl (C=O) groups is 4. The molecule has 4 amide bonds. The largest absolute Gasteiger partial charge is 0.275 e. The van der Waals surface area contributed by atoms with Crippen LogP contribution in [0.4, 0.5) is 0 Å². The summed E-state index contributed by atoms with van der Waals surface area (Å²) < 4.78 is 2.34. The fourth-order valence-electron chi connectivity index (χ4n) is 11.5. The fraction of sp³-hybridized carbons (Fsp3) is 0.757. The van der Waals surface area contributed by atoms with E-state index in [9.17, 15) is 38.4 Å². The lowest BCUT2D eigenvalue weighted by Gasteiger charge is -2.33. The second-order valence-corrected chi connectivity index (χ2v) is 22.9. The third-order valence-corrected chi connectivity index (χ3v) is 16.5. The first-order valence-electron chi connectivity index (χ1n) is 31.8. The summed E-state index contributed by atoms with van der Waals surface area (Å²) in [5, 5.41) is 0.342. The summed E-state index contributed by atoms with van der Waals surface area (Å²) in [6.07, 6.45) is 45.6. The van der Waals surface area contributed by atoms with Gasteiger partial charge in [-0.3, -0.25) is 57.3 Å². The zero-order valence-corrected chi connectivity index (χ0v) is 50.3. The Morgan fingerprint density at radius 3 is 0.651 bits per heavy atom. The van der Waals surface area contributed by atoms with Crippen LogP contribution in [0.5, 0.6) is 0 Å². The minimum absolute atomic E-state index is 0. The molecule has 7 rings (SSSR count). The van der Waals surface area contributed by atoms with E-state index in [4.69, 9.17) is 0 Å². The Hall–Kier alpha value is -4.74. The summed E-state index contributed by atoms with van der Waals surface area (Å²) in [5.74, 6) is -1.77. The van der Waals surface area contributed by atoms with Gasteiger partial charge in [0.2, 0.25) is 0 Å². The van der Waals surface area contributed by atoms with Crippen LogP contribution in [-0.2, 0) is 32.3 Å². The van der Waals surface area contributed by atoms with Gasteiger partial charge < -0.3 is 0 Å². The number of hydrogen-bond donors (Lipinski definition) is 0. The number of imide groups is 2. The van der Waals surface area contributed by atoms with Crippen LogP contribution in [0.2, 0.25) is 0 Å². The van der Waals surface area contributed by atoms with E-state index in [1.54, 1.807) is 0 Å². The Labute approximate surface area is 528 Å². The molecule has 12 nitrogen and oxygen atoms in total. The highest BCUT2D eigenvalue weighted by Crippen LogP contribution is 2.34. The summed E-state index contributed by atoms with van der Waals surface area (Å²) in [6.45, 7) is 18.7. The molecule has 4 unspecified atom stereocenters. The van der Waals surface area contributed by atoms with Crippen molar-refractivity contribution in [3.05, 3.63) is 77.9 Å². The summed E-state index contributed by atoms with van der Waals surface area (Å²) >= 11 is 0.